The Hall–Kier alpha value is -9.12. The predicted octanol–water partition coefficient (Wildman–Crippen LogP) is 29.0. The number of benzene rings is 11. The Labute approximate surface area is 607 Å². The van der Waals surface area contributed by atoms with Crippen molar-refractivity contribution in [2.45, 2.75) is 210 Å². The van der Waals surface area contributed by atoms with E-state index in [4.69, 9.17) is 0 Å². The van der Waals surface area contributed by atoms with E-state index in [1.54, 1.807) is 0 Å². The molecule has 11 aromatic rings. The third kappa shape index (κ3) is 14.6. The highest BCUT2D eigenvalue weighted by Gasteiger charge is 2.32. The second-order valence-electron chi connectivity index (χ2n) is 36.9. The molecule has 101 heavy (non-hydrogen) atoms. The lowest BCUT2D eigenvalue weighted by atomic mass is 9.85. The van der Waals surface area contributed by atoms with Crippen LogP contribution in [0.3, 0.4) is 0 Å². The van der Waals surface area contributed by atoms with E-state index in [-0.39, 0.29) is 43.3 Å². The summed E-state index contributed by atoms with van der Waals surface area (Å²) in [6.07, 6.45) is 10.4. The topological polar surface area (TPSA) is 13.0 Å². The molecule has 0 unspecified atom stereocenters. The molecule has 0 amide bonds. The molecule has 1 aliphatic rings. The van der Waals surface area contributed by atoms with Crippen LogP contribution in [0.15, 0.2) is 242 Å². The first kappa shape index (κ1) is 71.7. The molecule has 0 spiro atoms. The third-order valence-electron chi connectivity index (χ3n) is 20.9. The minimum atomic E-state index is -0.0498. The molecule has 0 radical (unpaired) electrons. The first-order chi connectivity index (χ1) is 47.1. The summed E-state index contributed by atoms with van der Waals surface area (Å²) in [5.41, 5.74) is 23.0. The van der Waals surface area contributed by atoms with Crippen molar-refractivity contribution in [1.29, 1.82) is 0 Å². The lowest BCUT2D eigenvalue weighted by Gasteiger charge is -2.35. The van der Waals surface area contributed by atoms with E-state index >= 15 is 0 Å². The largest absolute Gasteiger partial charge is 0.310 e. The minimum Gasteiger partial charge on any atom is -0.310 e. The number of rotatable bonds is 12. The molecule has 0 aliphatic heterocycles. The van der Waals surface area contributed by atoms with Crippen LogP contribution in [0.25, 0.3) is 32.3 Å². The van der Waals surface area contributed by atoms with Crippen molar-refractivity contribution in [2.75, 3.05) is 19.6 Å². The fraction of sp³-hybridized carbons (Fsp3) is 0.340. The zero-order valence-electron chi connectivity index (χ0n) is 65.4. The van der Waals surface area contributed by atoms with E-state index in [0.29, 0.717) is 0 Å². The normalized spacial score (nSPS) is 13.8. The maximum atomic E-state index is 2.57. The number of anilines is 11. The summed E-state index contributed by atoms with van der Waals surface area (Å²) in [5.74, 6) is 0. The number of hydrogen-bond acceptors (Lipinski definition) is 4. The van der Waals surface area contributed by atoms with Gasteiger partial charge in [-0.25, -0.2) is 0 Å². The maximum Gasteiger partial charge on any atom is 0.0561 e. The van der Waals surface area contributed by atoms with Crippen LogP contribution < -0.4 is 19.6 Å². The summed E-state index contributed by atoms with van der Waals surface area (Å²) in [6.45, 7) is 55.5. The Balaban J connectivity index is 1.30. The van der Waals surface area contributed by atoms with Gasteiger partial charge in [-0.05, 0) is 197 Å². The Morgan fingerprint density at radius 1 is 0.208 bits per heavy atom. The second kappa shape index (κ2) is 26.0. The van der Waals surface area contributed by atoms with Crippen LogP contribution in [0.2, 0.25) is 0 Å². The first-order valence-corrected chi connectivity index (χ1v) is 37.0. The molecule has 0 aromatic heterocycles. The quantitative estimate of drug-likeness (QED) is 0.113. The Morgan fingerprint density at radius 3 is 0.604 bits per heavy atom. The molecule has 1 aliphatic carbocycles. The molecule has 0 bridgehead atoms. The fourth-order valence-corrected chi connectivity index (χ4v) is 14.5. The monoisotopic (exact) mass is 1330 g/mol. The molecule has 0 atom stereocenters. The molecule has 0 saturated carbocycles. The molecule has 0 N–H and O–H groups in total. The molecular formula is C97H112N4. The average Bonchev–Trinajstić information content (AvgIpc) is 0.709. The predicted molar refractivity (Wildman–Crippen MR) is 443 cm³/mol. The van der Waals surface area contributed by atoms with Crippen molar-refractivity contribution in [1.82, 2.24) is 0 Å². The third-order valence-corrected chi connectivity index (χ3v) is 20.9. The zero-order chi connectivity index (χ0) is 72.9. The summed E-state index contributed by atoms with van der Waals surface area (Å²) in [4.78, 5) is 10.2. The van der Waals surface area contributed by atoms with Crippen LogP contribution in [0, 0.1) is 5.41 Å². The van der Waals surface area contributed by atoms with Crippen molar-refractivity contribution < 1.29 is 0 Å². The molecule has 12 rings (SSSR count). The number of hydrogen-bond donors (Lipinski definition) is 0. The SMILES string of the molecule is CC(C)(C)C1=CCC=C(N(c2ccc(C(C)(C)C)cc2)c2cc(N(c3ccc(C(C)(C)C)cc3)c3ccc(C(C)(C)C)cc3)c3ccc4c(N(c5ccc(C(C)(C)C)cc5)c5ccc(C(C)(C)C)cc5)cc(N(c5ccc(C(C)(C)C)cc5)c5ccc(C(C)(C)C)cc5)c5ccc2c3c54)C=C1. The van der Waals surface area contributed by atoms with Crippen molar-refractivity contribution >= 4 is 94.9 Å². The van der Waals surface area contributed by atoms with Gasteiger partial charge in [-0.2, -0.15) is 0 Å². The Morgan fingerprint density at radius 2 is 0.406 bits per heavy atom. The molecule has 11 aromatic carbocycles. The highest BCUT2D eigenvalue weighted by molar-refractivity contribution is 6.33. The van der Waals surface area contributed by atoms with Crippen LogP contribution in [0.1, 0.15) is 212 Å². The van der Waals surface area contributed by atoms with E-state index in [9.17, 15) is 0 Å². The zero-order valence-corrected chi connectivity index (χ0v) is 65.4. The van der Waals surface area contributed by atoms with Gasteiger partial charge in [0.2, 0.25) is 0 Å². The molecule has 4 nitrogen and oxygen atoms in total. The van der Waals surface area contributed by atoms with Crippen molar-refractivity contribution in [2.24, 2.45) is 5.41 Å². The van der Waals surface area contributed by atoms with Gasteiger partial charge in [0.15, 0.2) is 0 Å². The molecule has 0 saturated heterocycles. The highest BCUT2D eigenvalue weighted by Crippen LogP contribution is 2.56. The van der Waals surface area contributed by atoms with Gasteiger partial charge >= 0.3 is 0 Å². The summed E-state index contributed by atoms with van der Waals surface area (Å²) in [5, 5.41) is 7.00. The van der Waals surface area contributed by atoms with E-state index in [1.807, 2.05) is 0 Å². The number of allylic oxidation sites excluding steroid dienone is 5. The smallest absolute Gasteiger partial charge is 0.0561 e. The van der Waals surface area contributed by atoms with Gasteiger partial charge in [0.05, 0.1) is 22.7 Å². The lowest BCUT2D eigenvalue weighted by Crippen LogP contribution is -2.19. The van der Waals surface area contributed by atoms with Gasteiger partial charge in [0, 0.05) is 77.8 Å². The van der Waals surface area contributed by atoms with E-state index in [0.717, 1.165) is 96.2 Å². The van der Waals surface area contributed by atoms with Gasteiger partial charge in [-0.1, -0.05) is 294 Å². The first-order valence-electron chi connectivity index (χ1n) is 37.0. The van der Waals surface area contributed by atoms with Gasteiger partial charge < -0.3 is 19.6 Å². The summed E-state index contributed by atoms with van der Waals surface area (Å²) in [6, 6.07) is 80.7. The molecule has 4 heteroatoms. The molecule has 0 heterocycles. The highest BCUT2D eigenvalue weighted by atomic mass is 15.2. The Bertz CT molecular complexity index is 4570. The summed E-state index contributed by atoms with van der Waals surface area (Å²) < 4.78 is 0. The maximum absolute atomic E-state index is 2.57. The lowest BCUT2D eigenvalue weighted by molar-refractivity contribution is 0.515. The van der Waals surface area contributed by atoms with Gasteiger partial charge in [-0.3, -0.25) is 0 Å². The van der Waals surface area contributed by atoms with Crippen LogP contribution in [-0.4, -0.2) is 0 Å². The fourth-order valence-electron chi connectivity index (χ4n) is 14.5. The van der Waals surface area contributed by atoms with E-state index in [2.05, 4.69) is 416 Å². The van der Waals surface area contributed by atoms with E-state index in [1.165, 1.54) is 55.3 Å². The number of nitrogens with zero attached hydrogens (tertiary/aromatic N) is 4. The second-order valence-corrected chi connectivity index (χ2v) is 36.9. The van der Waals surface area contributed by atoms with Gasteiger partial charge in [-0.15, -0.1) is 0 Å². The van der Waals surface area contributed by atoms with Crippen molar-refractivity contribution in [3.63, 3.8) is 0 Å². The van der Waals surface area contributed by atoms with Crippen LogP contribution in [0.5, 0.6) is 0 Å². The summed E-state index contributed by atoms with van der Waals surface area (Å²) >= 11 is 0. The van der Waals surface area contributed by atoms with Crippen molar-refractivity contribution in [3.05, 3.63) is 281 Å². The minimum absolute atomic E-state index is 0.0472. The van der Waals surface area contributed by atoms with E-state index < -0.39 is 0 Å². The average molecular weight is 1330 g/mol. The van der Waals surface area contributed by atoms with Crippen molar-refractivity contribution in [3.8, 4) is 0 Å². The molecular weight excluding hydrogens is 1220 g/mol. The van der Waals surface area contributed by atoms with Gasteiger partial charge in [0.25, 0.3) is 0 Å². The van der Waals surface area contributed by atoms with Gasteiger partial charge in [0.1, 0.15) is 0 Å². The summed E-state index contributed by atoms with van der Waals surface area (Å²) in [7, 11) is 0. The Kier molecular flexibility index (Phi) is 18.5. The van der Waals surface area contributed by atoms with Crippen LogP contribution in [-0.2, 0) is 37.9 Å². The molecule has 0 fully saturated rings. The molecule has 520 valence electrons. The van der Waals surface area contributed by atoms with Crippen LogP contribution in [0.4, 0.5) is 62.6 Å². The standard InChI is InChI=1S/C97H112N4/c1-90(2,3)64-26-25-27-72(43-28-64)98(73-44-29-65(30-45-73)91(4,5)6)84-62-85(99(74-46-31-66(32-47-74)92(7,8)9)75-48-33-67(34-49-75)93(10,11)12)81-60-61-83-87(101(78-54-39-70(40-55-78)96(19,20)21)79-56-41-71(42-57-79)97(22,23)24)63-86(82-59-58-80(84)88(81)89(82)83)100(76-50-35-68(36-51-76)94(13,14)15)77-52-37-69(38-53-77)95(16,17)18/h26-63H,25H2,1-24H3. The van der Waals surface area contributed by atoms with Crippen LogP contribution >= 0.6 is 0 Å².